The Morgan fingerprint density at radius 2 is 1.66 bits per heavy atom. The summed E-state index contributed by atoms with van der Waals surface area (Å²) in [5.41, 5.74) is 2.50. The van der Waals surface area contributed by atoms with Crippen molar-refractivity contribution < 1.29 is 29.3 Å². The number of anilines is 1. The molecule has 0 saturated heterocycles. The zero-order chi connectivity index (χ0) is 23.7. The van der Waals surface area contributed by atoms with Gasteiger partial charge in [-0.05, 0) is 29.5 Å². The summed E-state index contributed by atoms with van der Waals surface area (Å²) in [5, 5.41) is 29.0. The minimum Gasteiger partial charge on any atom is -0.478 e. The molecule has 3 aromatic rings. The summed E-state index contributed by atoms with van der Waals surface area (Å²) in [6, 6.07) is 12.5. The van der Waals surface area contributed by atoms with Gasteiger partial charge in [-0.3, -0.25) is 0 Å². The van der Waals surface area contributed by atoms with E-state index in [4.69, 9.17) is 15.3 Å². The van der Waals surface area contributed by atoms with E-state index in [1.807, 2.05) is 24.3 Å². The van der Waals surface area contributed by atoms with Crippen molar-refractivity contribution in [1.29, 1.82) is 0 Å². The quantitative estimate of drug-likeness (QED) is 0.408. The van der Waals surface area contributed by atoms with Crippen LogP contribution in [0.15, 0.2) is 54.6 Å². The summed E-state index contributed by atoms with van der Waals surface area (Å²) in [5.74, 6) is -2.06. The first-order valence-electron chi connectivity index (χ1n) is 9.78. The molecule has 4 N–H and O–H groups in total. The molecule has 0 aliphatic heterocycles. The molecule has 0 bridgehead atoms. The Balaban J connectivity index is 0.000000390. The van der Waals surface area contributed by atoms with Crippen molar-refractivity contribution in [2.45, 2.75) is 19.8 Å². The number of carboxylic acid groups (broad SMARTS) is 2. The minimum absolute atomic E-state index is 0.00405. The van der Waals surface area contributed by atoms with Gasteiger partial charge < -0.3 is 20.6 Å². The second kappa shape index (κ2) is 11.5. The lowest BCUT2D eigenvalue weighted by Crippen LogP contribution is -2.10. The summed E-state index contributed by atoms with van der Waals surface area (Å²) >= 11 is 0. The van der Waals surface area contributed by atoms with Crippen LogP contribution in [0.1, 0.15) is 25.5 Å². The fourth-order valence-corrected chi connectivity index (χ4v) is 2.77. The van der Waals surface area contributed by atoms with E-state index in [-0.39, 0.29) is 18.3 Å². The van der Waals surface area contributed by atoms with Gasteiger partial charge in [0, 0.05) is 35.3 Å². The molecule has 168 valence electrons. The molecule has 0 aliphatic carbocycles. The number of aliphatic carboxylic acids is 2. The highest BCUT2D eigenvalue weighted by atomic mass is 19.1. The van der Waals surface area contributed by atoms with E-state index in [1.165, 1.54) is 6.07 Å². The van der Waals surface area contributed by atoms with Crippen molar-refractivity contribution in [2.75, 3.05) is 18.5 Å². The maximum Gasteiger partial charge on any atom is 0.328 e. The Labute approximate surface area is 184 Å². The Bertz CT molecular complexity index is 1120. The van der Waals surface area contributed by atoms with Crippen LogP contribution < -0.4 is 5.32 Å². The largest absolute Gasteiger partial charge is 0.478 e. The van der Waals surface area contributed by atoms with E-state index >= 15 is 0 Å². The van der Waals surface area contributed by atoms with E-state index in [0.29, 0.717) is 30.0 Å². The van der Waals surface area contributed by atoms with E-state index in [1.54, 1.807) is 12.1 Å². The third kappa shape index (κ3) is 6.85. The average molecular weight is 441 g/mol. The molecule has 0 saturated carbocycles. The number of hydrogen-bond acceptors (Lipinski definition) is 6. The van der Waals surface area contributed by atoms with Crippen LogP contribution >= 0.6 is 0 Å². The molecule has 0 atom stereocenters. The smallest absolute Gasteiger partial charge is 0.328 e. The summed E-state index contributed by atoms with van der Waals surface area (Å²) in [4.78, 5) is 28.1. The molecular formula is C23H24FN3O5. The highest BCUT2D eigenvalue weighted by Crippen LogP contribution is 2.31. The topological polar surface area (TPSA) is 133 Å². The van der Waals surface area contributed by atoms with Gasteiger partial charge in [-0.2, -0.15) is 0 Å². The van der Waals surface area contributed by atoms with Gasteiger partial charge in [0.2, 0.25) is 5.95 Å². The van der Waals surface area contributed by atoms with Crippen molar-refractivity contribution in [3.05, 3.63) is 66.1 Å². The fraction of sp³-hybridized carbons (Fsp3) is 0.217. The summed E-state index contributed by atoms with van der Waals surface area (Å²) in [7, 11) is 0. The molecular weight excluding hydrogens is 417 g/mol. The predicted octanol–water partition coefficient (Wildman–Crippen LogP) is 3.68. The SMILES string of the molecule is CC(C)c1cc(-c2ccc(F)c3ccccc23)nc(NCCO)n1.O=C(O)/C=C\C(=O)O. The molecule has 32 heavy (non-hydrogen) atoms. The summed E-state index contributed by atoms with van der Waals surface area (Å²) in [6.07, 6.45) is 1.12. The number of aromatic nitrogens is 2. The first-order chi connectivity index (χ1) is 15.2. The van der Waals surface area contributed by atoms with Crippen molar-refractivity contribution in [2.24, 2.45) is 0 Å². The lowest BCUT2D eigenvalue weighted by molar-refractivity contribution is -0.134. The van der Waals surface area contributed by atoms with Gasteiger partial charge in [0.25, 0.3) is 0 Å². The number of carboxylic acids is 2. The van der Waals surface area contributed by atoms with E-state index in [0.717, 1.165) is 22.3 Å². The Morgan fingerprint density at radius 3 is 2.22 bits per heavy atom. The number of aliphatic hydroxyl groups excluding tert-OH is 1. The normalized spacial score (nSPS) is 10.8. The van der Waals surface area contributed by atoms with Crippen LogP contribution in [0.25, 0.3) is 22.0 Å². The van der Waals surface area contributed by atoms with Gasteiger partial charge in [-0.1, -0.05) is 38.1 Å². The number of rotatable bonds is 7. The molecule has 9 heteroatoms. The van der Waals surface area contributed by atoms with Crippen LogP contribution in [0.3, 0.4) is 0 Å². The molecule has 0 fully saturated rings. The molecule has 0 spiro atoms. The van der Waals surface area contributed by atoms with Crippen molar-refractivity contribution in [3.8, 4) is 11.3 Å². The Kier molecular flexibility index (Phi) is 8.79. The number of aliphatic hydroxyl groups is 1. The first kappa shape index (κ1) is 24.4. The number of hydrogen-bond donors (Lipinski definition) is 4. The molecule has 2 aromatic carbocycles. The maximum absolute atomic E-state index is 14.1. The third-order valence-electron chi connectivity index (χ3n) is 4.25. The van der Waals surface area contributed by atoms with Gasteiger partial charge >= 0.3 is 11.9 Å². The first-order valence-corrected chi connectivity index (χ1v) is 9.78. The molecule has 3 rings (SSSR count). The monoisotopic (exact) mass is 441 g/mol. The minimum atomic E-state index is -1.26. The average Bonchev–Trinajstić information content (AvgIpc) is 2.77. The predicted molar refractivity (Wildman–Crippen MR) is 119 cm³/mol. The van der Waals surface area contributed by atoms with Crippen LogP contribution in [-0.4, -0.2) is 50.4 Å². The van der Waals surface area contributed by atoms with E-state index < -0.39 is 11.9 Å². The fourth-order valence-electron chi connectivity index (χ4n) is 2.77. The molecule has 1 heterocycles. The van der Waals surface area contributed by atoms with Crippen LogP contribution in [0, 0.1) is 5.82 Å². The molecule has 1 aromatic heterocycles. The van der Waals surface area contributed by atoms with Crippen molar-refractivity contribution in [3.63, 3.8) is 0 Å². The highest BCUT2D eigenvalue weighted by Gasteiger charge is 2.13. The number of carbonyl (C=O) groups is 2. The molecule has 0 aliphatic rings. The summed E-state index contributed by atoms with van der Waals surface area (Å²) < 4.78 is 14.1. The molecule has 0 unspecified atom stereocenters. The summed E-state index contributed by atoms with van der Waals surface area (Å²) in [6.45, 7) is 4.50. The second-order valence-electron chi connectivity index (χ2n) is 6.96. The zero-order valence-electron chi connectivity index (χ0n) is 17.6. The van der Waals surface area contributed by atoms with Gasteiger partial charge in [0.05, 0.1) is 12.3 Å². The Hall–Kier alpha value is -3.85. The van der Waals surface area contributed by atoms with Crippen molar-refractivity contribution in [1.82, 2.24) is 9.97 Å². The number of halogens is 1. The van der Waals surface area contributed by atoms with Gasteiger partial charge in [-0.25, -0.2) is 23.9 Å². The Morgan fingerprint density at radius 1 is 1.03 bits per heavy atom. The number of benzene rings is 2. The lowest BCUT2D eigenvalue weighted by Gasteiger charge is -2.13. The van der Waals surface area contributed by atoms with Crippen LogP contribution in [0.5, 0.6) is 0 Å². The standard InChI is InChI=1S/C19H20FN3O.C4H4O4/c1-12(2)17-11-18(23-19(22-17)21-9-10-24)15-7-8-16(20)14-6-4-3-5-13(14)15;5-3(6)1-2-4(7)8/h3-8,11-12,24H,9-10H2,1-2H3,(H,21,22,23);1-2H,(H,5,6)(H,7,8)/b;2-1-. The van der Waals surface area contributed by atoms with Gasteiger partial charge in [0.15, 0.2) is 0 Å². The zero-order valence-corrected chi connectivity index (χ0v) is 17.6. The molecule has 0 amide bonds. The highest BCUT2D eigenvalue weighted by molar-refractivity contribution is 5.96. The number of fused-ring (bicyclic) bond motifs is 1. The van der Waals surface area contributed by atoms with Crippen LogP contribution in [0.4, 0.5) is 10.3 Å². The molecule has 8 nitrogen and oxygen atoms in total. The number of nitrogens with one attached hydrogen (secondary N) is 1. The maximum atomic E-state index is 14.1. The van der Waals surface area contributed by atoms with Crippen LogP contribution in [-0.2, 0) is 9.59 Å². The third-order valence-corrected chi connectivity index (χ3v) is 4.25. The molecule has 0 radical (unpaired) electrons. The second-order valence-corrected chi connectivity index (χ2v) is 6.96. The number of nitrogens with zero attached hydrogens (tertiary/aromatic N) is 2. The van der Waals surface area contributed by atoms with Gasteiger partial charge in [0.1, 0.15) is 5.82 Å². The van der Waals surface area contributed by atoms with E-state index in [9.17, 15) is 14.0 Å². The van der Waals surface area contributed by atoms with Crippen LogP contribution in [0.2, 0.25) is 0 Å². The van der Waals surface area contributed by atoms with Crippen molar-refractivity contribution >= 4 is 28.7 Å². The lowest BCUT2D eigenvalue weighted by atomic mass is 10.00. The van der Waals surface area contributed by atoms with Gasteiger partial charge in [-0.15, -0.1) is 0 Å². The van der Waals surface area contributed by atoms with E-state index in [2.05, 4.69) is 29.1 Å².